The van der Waals surface area contributed by atoms with E-state index >= 15 is 0 Å². The van der Waals surface area contributed by atoms with Crippen LogP contribution in [0.4, 0.5) is 0 Å². The zero-order chi connectivity index (χ0) is 13.7. The molecule has 0 aromatic heterocycles. The second-order valence-corrected chi connectivity index (χ2v) is 6.14. The lowest BCUT2D eigenvalue weighted by Gasteiger charge is -2.25. The van der Waals surface area contributed by atoms with Crippen molar-refractivity contribution in [2.45, 2.75) is 64.2 Å². The van der Waals surface area contributed by atoms with E-state index in [1.165, 1.54) is 20.0 Å². The first-order valence-electron chi connectivity index (χ1n) is 7.85. The average Bonchev–Trinajstić information content (AvgIpc) is 2.84. The lowest BCUT2D eigenvalue weighted by atomic mass is 9.79. The average molecular weight is 266 g/mol. The summed E-state index contributed by atoms with van der Waals surface area (Å²) in [6.07, 6.45) is 11.0. The number of carbonyl (C=O) groups excluding carboxylic acids is 2. The molecule has 0 aromatic carbocycles. The summed E-state index contributed by atoms with van der Waals surface area (Å²) in [5.41, 5.74) is 0. The second kappa shape index (κ2) is 7.06. The van der Waals surface area contributed by atoms with Gasteiger partial charge in [-0.2, -0.15) is 0 Å². The summed E-state index contributed by atoms with van der Waals surface area (Å²) in [7, 11) is 1.41. The molecule has 0 aliphatic heterocycles. The van der Waals surface area contributed by atoms with E-state index in [-0.39, 0.29) is 23.6 Å². The van der Waals surface area contributed by atoms with Crippen LogP contribution in [0.1, 0.15) is 64.2 Å². The predicted molar refractivity (Wildman–Crippen MR) is 73.7 cm³/mol. The maximum Gasteiger partial charge on any atom is 0.316 e. The molecule has 2 aliphatic rings. The summed E-state index contributed by atoms with van der Waals surface area (Å²) < 4.78 is 4.93. The van der Waals surface area contributed by atoms with E-state index in [9.17, 15) is 9.59 Å². The molecular formula is C16H26O3. The van der Waals surface area contributed by atoms with Crippen LogP contribution in [0.2, 0.25) is 0 Å². The van der Waals surface area contributed by atoms with Crippen molar-refractivity contribution < 1.29 is 14.3 Å². The van der Waals surface area contributed by atoms with Gasteiger partial charge in [-0.05, 0) is 31.6 Å². The highest BCUT2D eigenvalue weighted by Gasteiger charge is 2.39. The Kier molecular flexibility index (Phi) is 5.41. The molecule has 0 spiro atoms. The molecule has 19 heavy (non-hydrogen) atoms. The molecule has 2 saturated carbocycles. The van der Waals surface area contributed by atoms with Crippen molar-refractivity contribution in [3.05, 3.63) is 0 Å². The molecule has 0 radical (unpaired) electrons. The van der Waals surface area contributed by atoms with Gasteiger partial charge in [-0.15, -0.1) is 0 Å². The molecule has 2 aliphatic carbocycles. The van der Waals surface area contributed by atoms with Crippen LogP contribution in [0.3, 0.4) is 0 Å². The van der Waals surface area contributed by atoms with Crippen molar-refractivity contribution in [3.63, 3.8) is 0 Å². The van der Waals surface area contributed by atoms with Gasteiger partial charge in [0.25, 0.3) is 0 Å². The van der Waals surface area contributed by atoms with Gasteiger partial charge in [-0.1, -0.05) is 38.5 Å². The van der Waals surface area contributed by atoms with Crippen molar-refractivity contribution in [2.24, 2.45) is 17.8 Å². The summed E-state index contributed by atoms with van der Waals surface area (Å²) >= 11 is 0. The topological polar surface area (TPSA) is 43.4 Å². The van der Waals surface area contributed by atoms with Gasteiger partial charge >= 0.3 is 5.97 Å². The third-order valence-corrected chi connectivity index (χ3v) is 4.89. The highest BCUT2D eigenvalue weighted by Crippen LogP contribution is 2.35. The number of esters is 1. The standard InChI is InChI=1S/C16H26O3/c1-19-16(18)14(12-8-4-2-3-5-9-12)15(17)13-10-6-7-11-13/h12-14H,2-11H2,1H3. The number of carbonyl (C=O) groups is 2. The lowest BCUT2D eigenvalue weighted by molar-refractivity contribution is -0.153. The fourth-order valence-electron chi connectivity index (χ4n) is 3.78. The molecule has 0 N–H and O–H groups in total. The number of ether oxygens (including phenoxy) is 1. The number of methoxy groups -OCH3 is 1. The zero-order valence-corrected chi connectivity index (χ0v) is 12.0. The Morgan fingerprint density at radius 1 is 0.895 bits per heavy atom. The van der Waals surface area contributed by atoms with E-state index in [1.807, 2.05) is 0 Å². The molecule has 0 saturated heterocycles. The number of rotatable bonds is 4. The van der Waals surface area contributed by atoms with Crippen LogP contribution in [-0.2, 0) is 14.3 Å². The smallest absolute Gasteiger partial charge is 0.316 e. The van der Waals surface area contributed by atoms with E-state index in [4.69, 9.17) is 4.74 Å². The van der Waals surface area contributed by atoms with Gasteiger partial charge in [0.05, 0.1) is 7.11 Å². The first-order chi connectivity index (χ1) is 9.24. The van der Waals surface area contributed by atoms with Crippen molar-refractivity contribution in [2.75, 3.05) is 7.11 Å². The molecule has 0 heterocycles. The maximum absolute atomic E-state index is 12.7. The van der Waals surface area contributed by atoms with E-state index in [0.717, 1.165) is 51.4 Å². The summed E-state index contributed by atoms with van der Waals surface area (Å²) in [6, 6.07) is 0. The normalized spacial score (nSPS) is 23.8. The van der Waals surface area contributed by atoms with Crippen LogP contribution in [0.25, 0.3) is 0 Å². The van der Waals surface area contributed by atoms with Crippen LogP contribution < -0.4 is 0 Å². The SMILES string of the molecule is COC(=O)C(C(=O)C1CCCC1)C1CCCCCC1. The van der Waals surface area contributed by atoms with E-state index in [0.29, 0.717) is 0 Å². The Bertz CT molecular complexity index is 310. The van der Waals surface area contributed by atoms with E-state index in [2.05, 4.69) is 0 Å². The summed E-state index contributed by atoms with van der Waals surface area (Å²) in [5, 5.41) is 0. The third kappa shape index (κ3) is 3.58. The molecular weight excluding hydrogens is 240 g/mol. The van der Waals surface area contributed by atoms with Crippen molar-refractivity contribution >= 4 is 11.8 Å². The second-order valence-electron chi connectivity index (χ2n) is 6.14. The van der Waals surface area contributed by atoms with Crippen molar-refractivity contribution in [1.82, 2.24) is 0 Å². The molecule has 2 fully saturated rings. The number of hydrogen-bond acceptors (Lipinski definition) is 3. The molecule has 1 atom stereocenters. The zero-order valence-electron chi connectivity index (χ0n) is 12.0. The Balaban J connectivity index is 2.09. The quantitative estimate of drug-likeness (QED) is 0.444. The monoisotopic (exact) mass is 266 g/mol. The minimum absolute atomic E-state index is 0.118. The summed E-state index contributed by atoms with van der Waals surface area (Å²) in [6.45, 7) is 0. The fourth-order valence-corrected chi connectivity index (χ4v) is 3.78. The largest absolute Gasteiger partial charge is 0.468 e. The fraction of sp³-hybridized carbons (Fsp3) is 0.875. The van der Waals surface area contributed by atoms with Crippen LogP contribution in [0.15, 0.2) is 0 Å². The third-order valence-electron chi connectivity index (χ3n) is 4.89. The first kappa shape index (κ1) is 14.5. The van der Waals surface area contributed by atoms with E-state index < -0.39 is 5.92 Å². The highest BCUT2D eigenvalue weighted by atomic mass is 16.5. The molecule has 3 heteroatoms. The minimum Gasteiger partial charge on any atom is -0.468 e. The van der Waals surface area contributed by atoms with Gasteiger partial charge in [0.2, 0.25) is 0 Å². The van der Waals surface area contributed by atoms with Crippen LogP contribution in [0, 0.1) is 17.8 Å². The number of Topliss-reactive ketones (excluding diaryl/α,β-unsaturated/α-hetero) is 1. The molecule has 0 bridgehead atoms. The molecule has 108 valence electrons. The molecule has 0 amide bonds. The van der Waals surface area contributed by atoms with Gasteiger partial charge in [-0.25, -0.2) is 0 Å². The molecule has 3 nitrogen and oxygen atoms in total. The Morgan fingerprint density at radius 2 is 1.42 bits per heavy atom. The van der Waals surface area contributed by atoms with Gasteiger partial charge in [-0.3, -0.25) is 9.59 Å². The van der Waals surface area contributed by atoms with Crippen LogP contribution >= 0.6 is 0 Å². The predicted octanol–water partition coefficient (Wildman–Crippen LogP) is 3.51. The van der Waals surface area contributed by atoms with Crippen LogP contribution in [-0.4, -0.2) is 18.9 Å². The Morgan fingerprint density at radius 3 is 1.95 bits per heavy atom. The summed E-state index contributed by atoms with van der Waals surface area (Å²) in [5.74, 6) is -0.248. The molecule has 0 aromatic rings. The summed E-state index contributed by atoms with van der Waals surface area (Å²) in [4.78, 5) is 24.7. The van der Waals surface area contributed by atoms with Gasteiger partial charge in [0.15, 0.2) is 0 Å². The first-order valence-corrected chi connectivity index (χ1v) is 7.85. The van der Waals surface area contributed by atoms with Crippen molar-refractivity contribution in [3.8, 4) is 0 Å². The highest BCUT2D eigenvalue weighted by molar-refractivity contribution is 6.00. The number of hydrogen-bond donors (Lipinski definition) is 0. The van der Waals surface area contributed by atoms with Gasteiger partial charge < -0.3 is 4.74 Å². The van der Waals surface area contributed by atoms with Gasteiger partial charge in [0.1, 0.15) is 11.7 Å². The lowest BCUT2D eigenvalue weighted by Crippen LogP contribution is -2.35. The van der Waals surface area contributed by atoms with Crippen molar-refractivity contribution in [1.29, 1.82) is 0 Å². The van der Waals surface area contributed by atoms with Gasteiger partial charge in [0, 0.05) is 5.92 Å². The minimum atomic E-state index is -0.480. The Labute approximate surface area is 116 Å². The molecule has 1 unspecified atom stereocenters. The van der Waals surface area contributed by atoms with Crippen LogP contribution in [0.5, 0.6) is 0 Å². The number of ketones is 1. The Hall–Kier alpha value is -0.860. The van der Waals surface area contributed by atoms with E-state index in [1.54, 1.807) is 0 Å². The molecule has 2 rings (SSSR count). The maximum atomic E-state index is 12.7.